The molecule has 2 saturated heterocycles. The molecule has 2 fully saturated rings. The minimum Gasteiger partial charge on any atom is -0.485 e. The van der Waals surface area contributed by atoms with Crippen molar-refractivity contribution in [3.63, 3.8) is 0 Å². The number of piperidine rings is 1. The van der Waals surface area contributed by atoms with Crippen molar-refractivity contribution >= 4 is 11.5 Å². The maximum atomic E-state index is 9.90. The van der Waals surface area contributed by atoms with Gasteiger partial charge in [0, 0.05) is 37.9 Å². The Hall–Kier alpha value is -3.48. The molecule has 6 rings (SSSR count). The summed E-state index contributed by atoms with van der Waals surface area (Å²) in [6.07, 6.45) is 7.46. The van der Waals surface area contributed by atoms with Gasteiger partial charge in [0.15, 0.2) is 5.75 Å². The number of likely N-dealkylation sites (tertiary alicyclic amines) is 1. The molecule has 0 bridgehead atoms. The molecule has 3 aliphatic heterocycles. The summed E-state index contributed by atoms with van der Waals surface area (Å²) in [4.78, 5) is 11.6. The third-order valence-corrected chi connectivity index (χ3v) is 7.05. The second-order valence-electron chi connectivity index (χ2n) is 9.05. The number of ether oxygens (including phenoxy) is 1. The first kappa shape index (κ1) is 20.1. The van der Waals surface area contributed by atoms with Gasteiger partial charge in [-0.15, -0.1) is 0 Å². The molecule has 0 atom stereocenters. The van der Waals surface area contributed by atoms with E-state index in [0.29, 0.717) is 29.1 Å². The third kappa shape index (κ3) is 3.61. The maximum Gasteiger partial charge on any atom is 0.161 e. The first-order valence-electron chi connectivity index (χ1n) is 11.4. The zero-order valence-corrected chi connectivity index (χ0v) is 18.6. The highest BCUT2D eigenvalue weighted by Crippen LogP contribution is 2.41. The Morgan fingerprint density at radius 3 is 2.73 bits per heavy atom. The fraction of sp³-hybridized carbons (Fsp3) is 0.417. The Labute approximate surface area is 192 Å². The zero-order chi connectivity index (χ0) is 22.4. The van der Waals surface area contributed by atoms with Crippen molar-refractivity contribution in [1.29, 1.82) is 5.26 Å². The largest absolute Gasteiger partial charge is 0.485 e. The molecular formula is C24H26N8O. The lowest BCUT2D eigenvalue weighted by Crippen LogP contribution is -2.58. The number of anilines is 2. The van der Waals surface area contributed by atoms with Gasteiger partial charge in [0.05, 0.1) is 28.7 Å². The minimum atomic E-state index is 0.280. The summed E-state index contributed by atoms with van der Waals surface area (Å²) in [6.45, 7) is 4.69. The lowest BCUT2D eigenvalue weighted by molar-refractivity contribution is 0.113. The van der Waals surface area contributed by atoms with Crippen LogP contribution in [-0.4, -0.2) is 56.9 Å². The van der Waals surface area contributed by atoms with Crippen LogP contribution in [0.15, 0.2) is 30.9 Å². The van der Waals surface area contributed by atoms with Gasteiger partial charge in [-0.05, 0) is 49.5 Å². The highest BCUT2D eigenvalue weighted by molar-refractivity contribution is 5.76. The molecule has 1 aromatic carbocycles. The first-order valence-corrected chi connectivity index (χ1v) is 11.4. The van der Waals surface area contributed by atoms with Gasteiger partial charge in [-0.3, -0.25) is 9.58 Å². The van der Waals surface area contributed by atoms with Crippen molar-refractivity contribution < 1.29 is 4.74 Å². The molecule has 0 spiro atoms. The van der Waals surface area contributed by atoms with Crippen molar-refractivity contribution in [3.8, 4) is 23.1 Å². The van der Waals surface area contributed by atoms with Crippen molar-refractivity contribution in [1.82, 2.24) is 30.0 Å². The summed E-state index contributed by atoms with van der Waals surface area (Å²) in [5.41, 5.74) is 5.09. The van der Waals surface area contributed by atoms with Crippen LogP contribution in [0.4, 0.5) is 11.5 Å². The Bertz CT molecular complexity index is 1230. The standard InChI is InChI=1S/C24H26N8O/c1-31-12-18(9-29-31)22-20-13-33-23-17(8-25)6-16(7-21(23)30-24(20)28-14-27-22)15-2-4-32(5-3-15)19-10-26-11-19/h6-7,9,12,14-15,19,26H,2-5,10-11,13H2,1H3,(H,27,28,30). The molecule has 5 heterocycles. The number of aryl methyl sites for hydroxylation is 1. The fourth-order valence-corrected chi connectivity index (χ4v) is 5.07. The number of nitriles is 1. The smallest absolute Gasteiger partial charge is 0.161 e. The van der Waals surface area contributed by atoms with Gasteiger partial charge in [-0.1, -0.05) is 0 Å². The zero-order valence-electron chi connectivity index (χ0n) is 18.6. The van der Waals surface area contributed by atoms with Crippen LogP contribution in [0, 0.1) is 11.3 Å². The topological polar surface area (TPSA) is 104 Å². The van der Waals surface area contributed by atoms with Crippen LogP contribution in [0.5, 0.6) is 5.75 Å². The number of benzene rings is 1. The van der Waals surface area contributed by atoms with Crippen LogP contribution < -0.4 is 15.4 Å². The van der Waals surface area contributed by atoms with Crippen LogP contribution >= 0.6 is 0 Å². The number of hydrogen-bond donors (Lipinski definition) is 2. The lowest BCUT2D eigenvalue weighted by atomic mass is 9.87. The van der Waals surface area contributed by atoms with Crippen LogP contribution in [0.1, 0.15) is 35.4 Å². The molecule has 3 aromatic rings. The number of fused-ring (bicyclic) bond motifs is 2. The third-order valence-electron chi connectivity index (χ3n) is 7.05. The molecule has 168 valence electrons. The van der Waals surface area contributed by atoms with Crippen molar-refractivity contribution in [3.05, 3.63) is 47.5 Å². The van der Waals surface area contributed by atoms with Crippen LogP contribution in [0.3, 0.4) is 0 Å². The van der Waals surface area contributed by atoms with Gasteiger partial charge in [-0.2, -0.15) is 10.4 Å². The van der Waals surface area contributed by atoms with E-state index in [0.717, 1.165) is 61.5 Å². The molecule has 9 heteroatoms. The normalized spacial score (nSPS) is 18.8. The summed E-state index contributed by atoms with van der Waals surface area (Å²) < 4.78 is 7.92. The van der Waals surface area contributed by atoms with Crippen LogP contribution in [0.25, 0.3) is 11.3 Å². The van der Waals surface area contributed by atoms with E-state index in [1.807, 2.05) is 19.3 Å². The van der Waals surface area contributed by atoms with Crippen molar-refractivity contribution in [2.45, 2.75) is 31.4 Å². The van der Waals surface area contributed by atoms with Crippen LogP contribution in [0.2, 0.25) is 0 Å². The Morgan fingerprint density at radius 1 is 1.18 bits per heavy atom. The van der Waals surface area contributed by atoms with Crippen LogP contribution in [-0.2, 0) is 13.7 Å². The van der Waals surface area contributed by atoms with Gasteiger partial charge in [0.2, 0.25) is 0 Å². The molecule has 0 radical (unpaired) electrons. The molecule has 3 aliphatic rings. The van der Waals surface area contributed by atoms with Crippen molar-refractivity contribution in [2.75, 3.05) is 31.5 Å². The lowest BCUT2D eigenvalue weighted by Gasteiger charge is -2.42. The molecular weight excluding hydrogens is 416 g/mol. The molecule has 0 unspecified atom stereocenters. The average molecular weight is 443 g/mol. The Balaban J connectivity index is 1.31. The quantitative estimate of drug-likeness (QED) is 0.638. The second-order valence-corrected chi connectivity index (χ2v) is 9.05. The molecule has 2 N–H and O–H groups in total. The minimum absolute atomic E-state index is 0.280. The fourth-order valence-electron chi connectivity index (χ4n) is 5.07. The predicted molar refractivity (Wildman–Crippen MR) is 123 cm³/mol. The van der Waals surface area contributed by atoms with E-state index in [1.165, 1.54) is 5.56 Å². The van der Waals surface area contributed by atoms with E-state index < -0.39 is 0 Å². The Kier molecular flexibility index (Phi) is 4.97. The van der Waals surface area contributed by atoms with Gasteiger partial charge < -0.3 is 15.4 Å². The van der Waals surface area contributed by atoms with E-state index >= 15 is 0 Å². The van der Waals surface area contributed by atoms with Gasteiger partial charge in [0.25, 0.3) is 0 Å². The SMILES string of the molecule is Cn1cc(-c2ncnc3c2COc2c(C#N)cc(C4CCN(C5CNC5)CC4)cc2N3)cn1. The summed E-state index contributed by atoms with van der Waals surface area (Å²) in [7, 11) is 1.88. The van der Waals surface area contributed by atoms with E-state index in [2.05, 4.69) is 42.7 Å². The monoisotopic (exact) mass is 442 g/mol. The highest BCUT2D eigenvalue weighted by Gasteiger charge is 2.30. The molecule has 2 aromatic heterocycles. The Morgan fingerprint density at radius 2 is 2.03 bits per heavy atom. The van der Waals surface area contributed by atoms with E-state index in [-0.39, 0.29) is 6.61 Å². The number of hydrogen-bond acceptors (Lipinski definition) is 8. The van der Waals surface area contributed by atoms with Crippen molar-refractivity contribution in [2.24, 2.45) is 7.05 Å². The summed E-state index contributed by atoms with van der Waals surface area (Å²) >= 11 is 0. The molecule has 0 amide bonds. The molecule has 9 nitrogen and oxygen atoms in total. The average Bonchev–Trinajstić information content (AvgIpc) is 3.13. The summed E-state index contributed by atoms with van der Waals surface area (Å²) in [5, 5.41) is 21.0. The number of nitrogens with one attached hydrogen (secondary N) is 2. The predicted octanol–water partition coefficient (Wildman–Crippen LogP) is 2.54. The van der Waals surface area contributed by atoms with Gasteiger partial charge in [0.1, 0.15) is 24.8 Å². The number of nitrogens with zero attached hydrogens (tertiary/aromatic N) is 6. The molecule has 0 saturated carbocycles. The summed E-state index contributed by atoms with van der Waals surface area (Å²) in [6, 6.07) is 7.19. The van der Waals surface area contributed by atoms with E-state index in [9.17, 15) is 5.26 Å². The first-order chi connectivity index (χ1) is 16.2. The maximum absolute atomic E-state index is 9.90. The van der Waals surface area contributed by atoms with E-state index in [1.54, 1.807) is 17.2 Å². The highest BCUT2D eigenvalue weighted by atomic mass is 16.5. The molecule has 33 heavy (non-hydrogen) atoms. The summed E-state index contributed by atoms with van der Waals surface area (Å²) in [5.74, 6) is 1.72. The van der Waals surface area contributed by atoms with Gasteiger partial charge in [-0.25, -0.2) is 9.97 Å². The van der Waals surface area contributed by atoms with Gasteiger partial charge >= 0.3 is 0 Å². The number of rotatable bonds is 3. The second kappa shape index (κ2) is 8.14. The number of aromatic nitrogens is 4. The molecule has 0 aliphatic carbocycles. The van der Waals surface area contributed by atoms with E-state index in [4.69, 9.17) is 4.74 Å².